The third-order valence-corrected chi connectivity index (χ3v) is 4.69. The number of hydrogen-bond acceptors (Lipinski definition) is 3. The summed E-state index contributed by atoms with van der Waals surface area (Å²) in [5.74, 6) is 1.19. The summed E-state index contributed by atoms with van der Waals surface area (Å²) in [5.41, 5.74) is 2.95. The number of para-hydroxylation sites is 1. The van der Waals surface area contributed by atoms with Crippen LogP contribution >= 0.6 is 0 Å². The van der Waals surface area contributed by atoms with Gasteiger partial charge in [-0.25, -0.2) is 4.98 Å². The lowest BCUT2D eigenvalue weighted by atomic mass is 10.1. The molecule has 0 aliphatic rings. The zero-order chi connectivity index (χ0) is 19.3. The molecule has 1 aromatic heterocycles. The number of quaternary nitrogens is 1. The van der Waals surface area contributed by atoms with Gasteiger partial charge in [0.25, 0.3) is 0 Å². The van der Waals surface area contributed by atoms with Gasteiger partial charge in [-0.3, -0.25) is 4.48 Å². The Bertz CT molecular complexity index is 900. The number of phenolic OH excluding ortho intramolecular Hbond substituents is 1. The van der Waals surface area contributed by atoms with Gasteiger partial charge >= 0.3 is 0 Å². The Labute approximate surface area is 161 Å². The molecule has 0 bridgehead atoms. The number of aryl methyl sites for hydroxylation is 1. The maximum Gasteiger partial charge on any atom is 0.141 e. The van der Waals surface area contributed by atoms with Crippen molar-refractivity contribution in [3.05, 3.63) is 60.3 Å². The zero-order valence-electron chi connectivity index (χ0n) is 16.5. The lowest BCUT2D eigenvalue weighted by Gasteiger charge is -2.23. The predicted molar refractivity (Wildman–Crippen MR) is 112 cm³/mol. The van der Waals surface area contributed by atoms with E-state index in [2.05, 4.69) is 50.4 Å². The molecule has 4 heteroatoms. The van der Waals surface area contributed by atoms with Crippen molar-refractivity contribution in [3.8, 4) is 11.5 Å². The lowest BCUT2D eigenvalue weighted by molar-refractivity contribution is 0.304. The molecule has 0 aliphatic heterocycles. The molecule has 0 spiro atoms. The van der Waals surface area contributed by atoms with E-state index in [1.165, 1.54) is 5.69 Å². The second-order valence-corrected chi connectivity index (χ2v) is 7.82. The van der Waals surface area contributed by atoms with Crippen molar-refractivity contribution >= 4 is 16.6 Å². The summed E-state index contributed by atoms with van der Waals surface area (Å²) in [7, 11) is 6.46. The lowest BCUT2D eigenvalue weighted by Crippen LogP contribution is -2.34. The van der Waals surface area contributed by atoms with E-state index in [1.807, 2.05) is 24.3 Å². The van der Waals surface area contributed by atoms with Crippen LogP contribution in [0.5, 0.6) is 11.5 Å². The van der Waals surface area contributed by atoms with Gasteiger partial charge in [0.15, 0.2) is 0 Å². The summed E-state index contributed by atoms with van der Waals surface area (Å²) in [5, 5.41) is 10.9. The Hall–Kier alpha value is -2.59. The van der Waals surface area contributed by atoms with E-state index in [9.17, 15) is 5.11 Å². The van der Waals surface area contributed by atoms with Gasteiger partial charge in [0.1, 0.15) is 22.7 Å². The molecule has 27 heavy (non-hydrogen) atoms. The Balaban J connectivity index is 1.43. The third-order valence-electron chi connectivity index (χ3n) is 4.69. The highest BCUT2D eigenvalue weighted by Gasteiger charge is 2.12. The molecule has 0 saturated carbocycles. The van der Waals surface area contributed by atoms with E-state index in [0.29, 0.717) is 5.52 Å². The van der Waals surface area contributed by atoms with Gasteiger partial charge in [0.05, 0.1) is 27.7 Å². The van der Waals surface area contributed by atoms with Crippen LogP contribution in [0.25, 0.3) is 10.9 Å². The van der Waals surface area contributed by atoms with E-state index < -0.39 is 0 Å². The third kappa shape index (κ3) is 5.20. The number of aromatic hydroxyl groups is 1. The summed E-state index contributed by atoms with van der Waals surface area (Å²) in [6, 6.07) is 17.9. The number of phenols is 1. The summed E-state index contributed by atoms with van der Waals surface area (Å²) in [6.45, 7) is 0.729. The summed E-state index contributed by atoms with van der Waals surface area (Å²) in [6.07, 6.45) is 4.10. The predicted octanol–water partition coefficient (Wildman–Crippen LogP) is 4.93. The number of aromatic nitrogens is 1. The molecule has 0 radical (unpaired) electrons. The molecule has 0 fully saturated rings. The van der Waals surface area contributed by atoms with Crippen LogP contribution in [-0.2, 0) is 6.42 Å². The van der Waals surface area contributed by atoms with E-state index >= 15 is 0 Å². The van der Waals surface area contributed by atoms with Crippen molar-refractivity contribution < 1.29 is 9.84 Å². The van der Waals surface area contributed by atoms with Crippen LogP contribution in [-0.4, -0.2) is 37.8 Å². The van der Waals surface area contributed by atoms with Crippen molar-refractivity contribution in [2.24, 2.45) is 0 Å². The molecule has 0 unspecified atom stereocenters. The highest BCUT2D eigenvalue weighted by Crippen LogP contribution is 2.24. The summed E-state index contributed by atoms with van der Waals surface area (Å²) < 4.78 is 6.69. The second-order valence-electron chi connectivity index (χ2n) is 7.82. The second kappa shape index (κ2) is 8.40. The Morgan fingerprint density at radius 3 is 2.56 bits per heavy atom. The molecule has 4 nitrogen and oxygen atoms in total. The molecule has 0 aliphatic carbocycles. The highest BCUT2D eigenvalue weighted by molar-refractivity contribution is 5.84. The van der Waals surface area contributed by atoms with Crippen LogP contribution in [0.2, 0.25) is 0 Å². The number of nitrogens with zero attached hydrogens (tertiary/aromatic N) is 2. The van der Waals surface area contributed by atoms with Crippen LogP contribution in [0.1, 0.15) is 25.0 Å². The number of pyridine rings is 1. The molecule has 3 rings (SSSR count). The van der Waals surface area contributed by atoms with Crippen LogP contribution < -0.4 is 9.22 Å². The zero-order valence-corrected chi connectivity index (χ0v) is 16.5. The van der Waals surface area contributed by atoms with Crippen molar-refractivity contribution in [1.29, 1.82) is 0 Å². The Morgan fingerprint density at radius 1 is 0.926 bits per heavy atom. The molecule has 0 atom stereocenters. The van der Waals surface area contributed by atoms with E-state index in [1.54, 1.807) is 6.07 Å². The number of ether oxygens (including phenoxy) is 1. The van der Waals surface area contributed by atoms with Crippen LogP contribution in [0.15, 0.2) is 54.6 Å². The first-order chi connectivity index (χ1) is 12.9. The summed E-state index contributed by atoms with van der Waals surface area (Å²) in [4.78, 5) is 4.59. The van der Waals surface area contributed by atoms with Crippen LogP contribution in [0.4, 0.5) is 5.69 Å². The fraction of sp³-hybridized carbons (Fsp3) is 0.348. The molecular formula is C23H29N2O2+. The van der Waals surface area contributed by atoms with Gasteiger partial charge in [-0.1, -0.05) is 24.3 Å². The topological polar surface area (TPSA) is 42.4 Å². The smallest absolute Gasteiger partial charge is 0.141 e. The first-order valence-electron chi connectivity index (χ1n) is 9.56. The van der Waals surface area contributed by atoms with Gasteiger partial charge < -0.3 is 9.84 Å². The van der Waals surface area contributed by atoms with E-state index in [0.717, 1.165) is 53.6 Å². The maximum absolute atomic E-state index is 9.94. The fourth-order valence-corrected chi connectivity index (χ4v) is 3.08. The van der Waals surface area contributed by atoms with Crippen LogP contribution in [0.3, 0.4) is 0 Å². The van der Waals surface area contributed by atoms with Crippen molar-refractivity contribution in [2.75, 3.05) is 27.7 Å². The number of rotatable bonds is 8. The van der Waals surface area contributed by atoms with Crippen molar-refractivity contribution in [2.45, 2.75) is 25.7 Å². The number of hydrogen-bond donors (Lipinski definition) is 1. The molecule has 142 valence electrons. The minimum atomic E-state index is 0.249. The average molecular weight is 365 g/mol. The fourth-order valence-electron chi connectivity index (χ4n) is 3.08. The van der Waals surface area contributed by atoms with Crippen LogP contribution in [0, 0.1) is 0 Å². The maximum atomic E-state index is 9.94. The first kappa shape index (κ1) is 19.2. The molecule has 0 saturated heterocycles. The standard InChI is InChI=1S/C23H28N2O2/c1-25(2,3)20-11-8-12-21(17-20)27-16-6-4-5-10-19-15-14-18-9-7-13-22(26)23(18)24-19/h7-9,11-15,17H,4-6,10,16H2,1-3H3/p+1. The largest absolute Gasteiger partial charge is 0.506 e. The minimum absolute atomic E-state index is 0.249. The molecular weight excluding hydrogens is 336 g/mol. The van der Waals surface area contributed by atoms with E-state index in [-0.39, 0.29) is 5.75 Å². The molecule has 1 heterocycles. The highest BCUT2D eigenvalue weighted by atomic mass is 16.5. The molecule has 1 N–H and O–H groups in total. The quantitative estimate of drug-likeness (QED) is 0.455. The Morgan fingerprint density at radius 2 is 1.74 bits per heavy atom. The van der Waals surface area contributed by atoms with Gasteiger partial charge in [-0.2, -0.15) is 0 Å². The van der Waals surface area contributed by atoms with Gasteiger partial charge in [-0.05, 0) is 49.9 Å². The molecule has 2 aromatic carbocycles. The normalized spacial score (nSPS) is 11.7. The van der Waals surface area contributed by atoms with Gasteiger partial charge in [0, 0.05) is 17.1 Å². The summed E-state index contributed by atoms with van der Waals surface area (Å²) >= 11 is 0. The molecule has 0 amide bonds. The monoisotopic (exact) mass is 365 g/mol. The SMILES string of the molecule is C[N+](C)(C)c1cccc(OCCCCCc2ccc3cccc(O)c3n2)c1. The van der Waals surface area contributed by atoms with Gasteiger partial charge in [0.2, 0.25) is 0 Å². The van der Waals surface area contributed by atoms with Crippen molar-refractivity contribution in [1.82, 2.24) is 9.47 Å². The molecule has 3 aromatic rings. The van der Waals surface area contributed by atoms with Crippen molar-refractivity contribution in [3.63, 3.8) is 0 Å². The number of benzene rings is 2. The number of fused-ring (bicyclic) bond motifs is 1. The van der Waals surface area contributed by atoms with E-state index in [4.69, 9.17) is 4.74 Å². The number of unbranched alkanes of at least 4 members (excludes halogenated alkanes) is 2. The first-order valence-corrected chi connectivity index (χ1v) is 9.56. The average Bonchev–Trinajstić information content (AvgIpc) is 2.65. The Kier molecular flexibility index (Phi) is 5.97. The van der Waals surface area contributed by atoms with Gasteiger partial charge in [-0.15, -0.1) is 0 Å². The minimum Gasteiger partial charge on any atom is -0.506 e.